The fourth-order valence-corrected chi connectivity index (χ4v) is 15.5. The lowest BCUT2D eigenvalue weighted by atomic mass is 9.50. The molecule has 0 aliphatic heterocycles. The number of carbonyl (C=O) groups is 3. The number of carbonyl (C=O) groups excluding carboxylic acids is 3. The van der Waals surface area contributed by atoms with Gasteiger partial charge in [-0.15, -0.1) is 12.8 Å². The predicted molar refractivity (Wildman–Crippen MR) is 265 cm³/mol. The van der Waals surface area contributed by atoms with Gasteiger partial charge in [-0.1, -0.05) is 91.4 Å². The number of terminal acetylenes is 2. The van der Waals surface area contributed by atoms with Crippen molar-refractivity contribution >= 4 is 17.5 Å². The Morgan fingerprint density at radius 1 is 0.716 bits per heavy atom. The number of ether oxygens (including phenoxy) is 2. The minimum Gasteiger partial charge on any atom is -0.445 e. The van der Waals surface area contributed by atoms with Crippen molar-refractivity contribution < 1.29 is 29.0 Å². The molecule has 6 saturated carbocycles. The summed E-state index contributed by atoms with van der Waals surface area (Å²) >= 11 is 0. The number of hydrogen-bond donors (Lipinski definition) is 1. The molecule has 0 saturated heterocycles. The van der Waals surface area contributed by atoms with E-state index in [1.54, 1.807) is 0 Å². The summed E-state index contributed by atoms with van der Waals surface area (Å²) in [5, 5.41) is 10.9. The number of fused-ring (bicyclic) bond motifs is 10. The molecule has 0 amide bonds. The van der Waals surface area contributed by atoms with Gasteiger partial charge in [-0.2, -0.15) is 0 Å². The average molecular weight is 908 g/mol. The summed E-state index contributed by atoms with van der Waals surface area (Å²) in [6, 6.07) is 18.9. The van der Waals surface area contributed by atoms with Crippen molar-refractivity contribution in [3.05, 3.63) is 94.6 Å². The van der Waals surface area contributed by atoms with Crippen LogP contribution in [-0.4, -0.2) is 66.0 Å². The molecule has 0 heterocycles. The molecule has 0 aromatic heterocycles. The molecule has 67 heavy (non-hydrogen) atoms. The van der Waals surface area contributed by atoms with Gasteiger partial charge >= 0.3 is 5.97 Å². The Bertz CT molecular complexity index is 2300. The summed E-state index contributed by atoms with van der Waals surface area (Å²) in [6.07, 6.45) is 31.6. The number of hydrogen-bond acceptors (Lipinski definition) is 7. The smallest absolute Gasteiger partial charge is 0.304 e. The van der Waals surface area contributed by atoms with Crippen LogP contribution >= 0.6 is 0 Å². The van der Waals surface area contributed by atoms with E-state index in [0.29, 0.717) is 65.3 Å². The summed E-state index contributed by atoms with van der Waals surface area (Å²) in [7, 11) is 4.13. The summed E-state index contributed by atoms with van der Waals surface area (Å²) in [4.78, 5) is 37.4. The molecule has 7 heteroatoms. The monoisotopic (exact) mass is 908 g/mol. The van der Waals surface area contributed by atoms with Gasteiger partial charge in [0.2, 0.25) is 0 Å². The average Bonchev–Trinajstić information content (AvgIpc) is 3.77. The molecule has 0 spiro atoms. The molecule has 2 aromatic rings. The molecule has 10 rings (SSSR count). The Labute approximate surface area is 402 Å². The van der Waals surface area contributed by atoms with Crippen LogP contribution in [0.2, 0.25) is 0 Å². The maximum atomic E-state index is 11.8. The third-order valence-corrected chi connectivity index (χ3v) is 19.1. The molecule has 0 radical (unpaired) electrons. The molecule has 13 atom stereocenters. The first-order chi connectivity index (χ1) is 32.1. The summed E-state index contributed by atoms with van der Waals surface area (Å²) < 4.78 is 12.0. The second-order valence-corrected chi connectivity index (χ2v) is 22.5. The van der Waals surface area contributed by atoms with E-state index in [0.717, 1.165) is 103 Å². The first-order valence-corrected chi connectivity index (χ1v) is 25.8. The quantitative estimate of drug-likeness (QED) is 0.218. The molecular formula is C60H77NO6. The number of benzene rings is 2. The Morgan fingerprint density at radius 2 is 1.27 bits per heavy atom. The van der Waals surface area contributed by atoms with Crippen molar-refractivity contribution in [1.82, 2.24) is 4.90 Å². The number of allylic oxidation sites excluding steroid dienone is 2. The summed E-state index contributed by atoms with van der Waals surface area (Å²) in [6.45, 7) is 9.75. The van der Waals surface area contributed by atoms with E-state index >= 15 is 0 Å². The van der Waals surface area contributed by atoms with Gasteiger partial charge in [0.15, 0.2) is 17.2 Å². The van der Waals surface area contributed by atoms with E-state index in [1.807, 2.05) is 18.2 Å². The van der Waals surface area contributed by atoms with Gasteiger partial charge < -0.3 is 19.5 Å². The maximum Gasteiger partial charge on any atom is 0.304 e. The van der Waals surface area contributed by atoms with E-state index in [9.17, 15) is 19.5 Å². The molecule has 358 valence electrons. The lowest BCUT2D eigenvalue weighted by Gasteiger charge is -2.55. The largest absolute Gasteiger partial charge is 0.445 e. The first kappa shape index (κ1) is 49.2. The lowest BCUT2D eigenvalue weighted by molar-refractivity contribution is -0.167. The number of aryl methyl sites for hydroxylation is 1. The molecule has 8 aliphatic rings. The highest BCUT2D eigenvalue weighted by Crippen LogP contribution is 2.67. The van der Waals surface area contributed by atoms with Crippen LogP contribution in [0.5, 0.6) is 0 Å². The topological polar surface area (TPSA) is 93.1 Å². The zero-order valence-corrected chi connectivity index (χ0v) is 41.4. The lowest BCUT2D eigenvalue weighted by Crippen LogP contribution is -2.53. The van der Waals surface area contributed by atoms with E-state index in [-0.39, 0.29) is 22.9 Å². The van der Waals surface area contributed by atoms with Crippen LogP contribution in [0.15, 0.2) is 77.9 Å². The van der Waals surface area contributed by atoms with E-state index in [2.05, 4.69) is 100 Å². The SMILES string of the molecule is C#C[C@]1(O)CC[C@H]2[C@@H]3CCC4=CC(=O)CC[C@@H]4[C@H]3CC[C@@]21C.C#C[C@]1(OC(C)=O)CC[C@H]2[C@@H]3CCC4=CC(=O)CC[C@@H]4[C@H]3CC[C@@]21C.Cc1ccccc1C(OCCN(C)C)c1ccccc1. The highest BCUT2D eigenvalue weighted by atomic mass is 16.6. The standard InChI is InChI=1S/C22H28O3.C20H26O2.C18H23NO/c1-4-22(25-14(2)23)12-10-20-19-7-5-15-13-16(24)6-8-17(15)18(19)9-11-21(20,22)3;1-3-20(22)11-9-18-17-6-4-13-12-14(21)5-7-15(13)16(17)8-10-19(18,20)2;1-15-9-7-8-12-17(15)18(20-14-13-19(2)3)16-10-5-4-6-11-16/h1,13,17-20H,5-12H2,2-3H3;1,12,15-18,22H,4-11H2,2H3;4-12,18H,13-14H2,1-3H3/t17-,18+,19+,20-,21-,22-;15-,16+,17+,18-,19-,20-;/m00./s1. The van der Waals surface area contributed by atoms with Crippen LogP contribution < -0.4 is 0 Å². The minimum absolute atomic E-state index is 0.0114. The van der Waals surface area contributed by atoms with Crippen LogP contribution in [0.1, 0.15) is 146 Å². The van der Waals surface area contributed by atoms with Crippen molar-refractivity contribution in [3.63, 3.8) is 0 Å². The fourth-order valence-electron chi connectivity index (χ4n) is 15.5. The second-order valence-electron chi connectivity index (χ2n) is 22.5. The number of ketones is 2. The summed E-state index contributed by atoms with van der Waals surface area (Å²) in [5.74, 6) is 11.1. The van der Waals surface area contributed by atoms with E-state index < -0.39 is 11.2 Å². The highest BCUT2D eigenvalue weighted by molar-refractivity contribution is 5.91. The molecule has 1 unspecified atom stereocenters. The Morgan fingerprint density at radius 3 is 1.82 bits per heavy atom. The zero-order chi connectivity index (χ0) is 47.7. The number of nitrogens with zero attached hydrogens (tertiary/aromatic N) is 1. The molecule has 6 fully saturated rings. The molecule has 2 aromatic carbocycles. The van der Waals surface area contributed by atoms with E-state index in [4.69, 9.17) is 22.3 Å². The third-order valence-electron chi connectivity index (χ3n) is 19.1. The number of rotatable bonds is 7. The van der Waals surface area contributed by atoms with Crippen LogP contribution in [0.3, 0.4) is 0 Å². The molecule has 1 N–H and O–H groups in total. The molecular weight excluding hydrogens is 831 g/mol. The van der Waals surface area contributed by atoms with Gasteiger partial charge in [0.25, 0.3) is 0 Å². The minimum atomic E-state index is -0.902. The normalized spacial score (nSPS) is 37.3. The van der Waals surface area contributed by atoms with Gasteiger partial charge in [0.1, 0.15) is 11.7 Å². The van der Waals surface area contributed by atoms with E-state index in [1.165, 1.54) is 41.2 Å². The molecule has 0 bridgehead atoms. The number of esters is 1. The predicted octanol–water partition coefficient (Wildman–Crippen LogP) is 11.2. The van der Waals surface area contributed by atoms with Gasteiger partial charge in [0.05, 0.1) is 6.61 Å². The van der Waals surface area contributed by atoms with Crippen molar-refractivity contribution in [3.8, 4) is 24.7 Å². The van der Waals surface area contributed by atoms with Crippen molar-refractivity contribution in [1.29, 1.82) is 0 Å². The molecule has 7 nitrogen and oxygen atoms in total. The van der Waals surface area contributed by atoms with Crippen LogP contribution in [0.4, 0.5) is 0 Å². The second kappa shape index (κ2) is 20.0. The van der Waals surface area contributed by atoms with Gasteiger partial charge in [0, 0.05) is 37.1 Å². The fraction of sp³-hybridized carbons (Fsp3) is 0.617. The number of likely N-dealkylation sites (N-methyl/N-ethyl adjacent to an activating group) is 1. The van der Waals surface area contributed by atoms with Crippen LogP contribution in [0, 0.1) is 89.8 Å². The zero-order valence-electron chi connectivity index (χ0n) is 41.4. The van der Waals surface area contributed by atoms with Gasteiger partial charge in [-0.25, -0.2) is 0 Å². The van der Waals surface area contributed by atoms with Gasteiger partial charge in [-0.3, -0.25) is 14.4 Å². The van der Waals surface area contributed by atoms with Gasteiger partial charge in [-0.05, 0) is 187 Å². The van der Waals surface area contributed by atoms with Crippen LogP contribution in [-0.2, 0) is 23.9 Å². The maximum absolute atomic E-state index is 11.8. The van der Waals surface area contributed by atoms with Crippen LogP contribution in [0.25, 0.3) is 0 Å². The molecule has 8 aliphatic carbocycles. The Hall–Kier alpha value is -4.27. The summed E-state index contributed by atoms with van der Waals surface area (Å²) in [5.41, 5.74) is 4.71. The Balaban J connectivity index is 0.000000137. The first-order valence-electron chi connectivity index (χ1n) is 25.8. The number of aliphatic hydroxyl groups is 1. The van der Waals surface area contributed by atoms with Crippen molar-refractivity contribution in [2.75, 3.05) is 27.2 Å². The van der Waals surface area contributed by atoms with Crippen molar-refractivity contribution in [2.24, 2.45) is 58.2 Å². The van der Waals surface area contributed by atoms with Crippen molar-refractivity contribution in [2.45, 2.75) is 148 Å². The third kappa shape index (κ3) is 9.32. The Kier molecular flexibility index (Phi) is 14.7. The highest BCUT2D eigenvalue weighted by Gasteiger charge is 2.65.